The molecule has 2 rings (SSSR count). The predicted molar refractivity (Wildman–Crippen MR) is 67.2 cm³/mol. The van der Waals surface area contributed by atoms with E-state index in [0.717, 1.165) is 13.0 Å². The van der Waals surface area contributed by atoms with Crippen molar-refractivity contribution < 1.29 is 4.79 Å². The lowest BCUT2D eigenvalue weighted by atomic mass is 9.95. The van der Waals surface area contributed by atoms with Crippen molar-refractivity contribution >= 4 is 5.91 Å². The maximum atomic E-state index is 11.8. The van der Waals surface area contributed by atoms with Gasteiger partial charge in [-0.2, -0.15) is 0 Å². The van der Waals surface area contributed by atoms with Crippen LogP contribution in [0, 0.1) is 11.8 Å². The molecule has 1 heterocycles. The minimum atomic E-state index is -0.136. The topological polar surface area (TPSA) is 41.1 Å². The number of rotatable bonds is 2. The van der Waals surface area contributed by atoms with Crippen molar-refractivity contribution in [1.82, 2.24) is 10.6 Å². The highest BCUT2D eigenvalue weighted by Crippen LogP contribution is 2.15. The predicted octanol–water partition coefficient (Wildman–Crippen LogP) is 0.840. The largest absolute Gasteiger partial charge is 0.344 e. The van der Waals surface area contributed by atoms with Gasteiger partial charge in [0.25, 0.3) is 0 Å². The Balaban J connectivity index is 1.97. The lowest BCUT2D eigenvalue weighted by Gasteiger charge is -2.24. The first-order valence-electron chi connectivity index (χ1n) is 5.78. The summed E-state index contributed by atoms with van der Waals surface area (Å²) in [7, 11) is 0. The molecule has 0 radical (unpaired) electrons. The van der Waals surface area contributed by atoms with Crippen LogP contribution in [0.4, 0.5) is 0 Å². The SMILES string of the molecule is CC#CCNC(=O)[C@H]1Cc2ccccc2CN1. The summed E-state index contributed by atoms with van der Waals surface area (Å²) in [4.78, 5) is 11.8. The lowest BCUT2D eigenvalue weighted by Crippen LogP contribution is -2.47. The van der Waals surface area contributed by atoms with E-state index in [1.165, 1.54) is 11.1 Å². The van der Waals surface area contributed by atoms with E-state index in [9.17, 15) is 4.79 Å². The van der Waals surface area contributed by atoms with Gasteiger partial charge in [-0.15, -0.1) is 5.92 Å². The van der Waals surface area contributed by atoms with Gasteiger partial charge in [0.15, 0.2) is 0 Å². The van der Waals surface area contributed by atoms with E-state index in [1.54, 1.807) is 6.92 Å². The maximum Gasteiger partial charge on any atom is 0.238 e. The van der Waals surface area contributed by atoms with E-state index in [-0.39, 0.29) is 11.9 Å². The molecule has 1 aromatic carbocycles. The standard InChI is InChI=1S/C14H16N2O/c1-2-3-8-15-14(17)13-9-11-6-4-5-7-12(11)10-16-13/h4-7,13,16H,8-10H2,1H3,(H,15,17)/t13-/m1/s1. The lowest BCUT2D eigenvalue weighted by molar-refractivity contribution is -0.123. The summed E-state index contributed by atoms with van der Waals surface area (Å²) in [5.41, 5.74) is 2.54. The zero-order valence-corrected chi connectivity index (χ0v) is 9.92. The van der Waals surface area contributed by atoms with Crippen LogP contribution in [-0.4, -0.2) is 18.5 Å². The minimum absolute atomic E-state index is 0.0299. The summed E-state index contributed by atoms with van der Waals surface area (Å²) in [5.74, 6) is 5.61. The molecule has 3 heteroatoms. The van der Waals surface area contributed by atoms with Gasteiger partial charge in [0.05, 0.1) is 12.6 Å². The van der Waals surface area contributed by atoms with Crippen molar-refractivity contribution in [3.05, 3.63) is 35.4 Å². The monoisotopic (exact) mass is 228 g/mol. The van der Waals surface area contributed by atoms with Crippen molar-refractivity contribution in [2.75, 3.05) is 6.54 Å². The molecule has 1 aliphatic rings. The number of amides is 1. The molecule has 17 heavy (non-hydrogen) atoms. The molecule has 2 N–H and O–H groups in total. The third kappa shape index (κ3) is 2.86. The average Bonchev–Trinajstić information content (AvgIpc) is 2.38. The first kappa shape index (κ1) is 11.7. The molecule has 0 fully saturated rings. The summed E-state index contributed by atoms with van der Waals surface area (Å²) in [6.45, 7) is 2.95. The van der Waals surface area contributed by atoms with Crippen molar-refractivity contribution in [1.29, 1.82) is 0 Å². The van der Waals surface area contributed by atoms with Gasteiger partial charge in [-0.05, 0) is 24.5 Å². The maximum absolute atomic E-state index is 11.8. The van der Waals surface area contributed by atoms with E-state index in [4.69, 9.17) is 0 Å². The number of hydrogen-bond acceptors (Lipinski definition) is 2. The van der Waals surface area contributed by atoms with E-state index in [1.807, 2.05) is 12.1 Å². The Labute approximate surface area is 102 Å². The molecule has 0 saturated heterocycles. The molecule has 88 valence electrons. The minimum Gasteiger partial charge on any atom is -0.344 e. The Bertz CT molecular complexity index is 471. The third-order valence-corrected chi connectivity index (χ3v) is 2.93. The molecule has 0 spiro atoms. The highest BCUT2D eigenvalue weighted by atomic mass is 16.2. The van der Waals surface area contributed by atoms with Crippen LogP contribution in [0.5, 0.6) is 0 Å². The number of hydrogen-bond donors (Lipinski definition) is 2. The second-order valence-electron chi connectivity index (χ2n) is 4.05. The van der Waals surface area contributed by atoms with Crippen molar-refractivity contribution in [3.8, 4) is 11.8 Å². The number of fused-ring (bicyclic) bond motifs is 1. The molecule has 1 aliphatic heterocycles. The Morgan fingerprint density at radius 2 is 2.24 bits per heavy atom. The van der Waals surface area contributed by atoms with Crippen LogP contribution >= 0.6 is 0 Å². The fraction of sp³-hybridized carbons (Fsp3) is 0.357. The Hall–Kier alpha value is -1.79. The first-order valence-corrected chi connectivity index (χ1v) is 5.78. The Kier molecular flexibility index (Phi) is 3.79. The molecule has 0 unspecified atom stereocenters. The highest BCUT2D eigenvalue weighted by molar-refractivity contribution is 5.82. The molecular weight excluding hydrogens is 212 g/mol. The second kappa shape index (κ2) is 5.51. The first-order chi connectivity index (χ1) is 8.31. The molecule has 0 bridgehead atoms. The van der Waals surface area contributed by atoms with Crippen LogP contribution < -0.4 is 10.6 Å². The summed E-state index contributed by atoms with van der Waals surface area (Å²) in [5, 5.41) is 6.05. The van der Waals surface area contributed by atoms with Crippen LogP contribution in [0.3, 0.4) is 0 Å². The molecular formula is C14H16N2O. The molecule has 0 aromatic heterocycles. The number of carbonyl (C=O) groups excluding carboxylic acids is 1. The molecule has 1 aromatic rings. The molecule has 1 amide bonds. The van der Waals surface area contributed by atoms with Crippen molar-refractivity contribution in [2.24, 2.45) is 0 Å². The normalized spacial score (nSPS) is 17.6. The van der Waals surface area contributed by atoms with Gasteiger partial charge in [-0.3, -0.25) is 4.79 Å². The van der Waals surface area contributed by atoms with Crippen LogP contribution in [0.15, 0.2) is 24.3 Å². The quantitative estimate of drug-likeness (QED) is 0.737. The third-order valence-electron chi connectivity index (χ3n) is 2.93. The number of nitrogens with one attached hydrogen (secondary N) is 2. The van der Waals surface area contributed by atoms with Crippen LogP contribution in [0.1, 0.15) is 18.1 Å². The van der Waals surface area contributed by atoms with Gasteiger partial charge >= 0.3 is 0 Å². The Morgan fingerprint density at radius 1 is 1.47 bits per heavy atom. The highest BCUT2D eigenvalue weighted by Gasteiger charge is 2.23. The summed E-state index contributed by atoms with van der Waals surface area (Å²) in [6.07, 6.45) is 0.752. The van der Waals surface area contributed by atoms with Crippen molar-refractivity contribution in [3.63, 3.8) is 0 Å². The summed E-state index contributed by atoms with van der Waals surface area (Å²) >= 11 is 0. The van der Waals surface area contributed by atoms with Crippen LogP contribution in [0.2, 0.25) is 0 Å². The van der Waals surface area contributed by atoms with Gasteiger partial charge in [0, 0.05) is 6.54 Å². The zero-order chi connectivity index (χ0) is 12.1. The Morgan fingerprint density at radius 3 is 3.00 bits per heavy atom. The van der Waals surface area contributed by atoms with Gasteiger partial charge < -0.3 is 10.6 Å². The smallest absolute Gasteiger partial charge is 0.238 e. The van der Waals surface area contributed by atoms with Gasteiger partial charge in [0.2, 0.25) is 5.91 Å². The van der Waals surface area contributed by atoms with E-state index < -0.39 is 0 Å². The van der Waals surface area contributed by atoms with E-state index in [2.05, 4.69) is 34.6 Å². The zero-order valence-electron chi connectivity index (χ0n) is 9.92. The molecule has 0 aliphatic carbocycles. The van der Waals surface area contributed by atoms with E-state index in [0.29, 0.717) is 6.54 Å². The summed E-state index contributed by atoms with van der Waals surface area (Å²) < 4.78 is 0. The van der Waals surface area contributed by atoms with Gasteiger partial charge in [0.1, 0.15) is 0 Å². The molecule has 3 nitrogen and oxygen atoms in total. The fourth-order valence-electron chi connectivity index (χ4n) is 1.98. The van der Waals surface area contributed by atoms with Gasteiger partial charge in [-0.1, -0.05) is 30.2 Å². The second-order valence-corrected chi connectivity index (χ2v) is 4.05. The average molecular weight is 228 g/mol. The van der Waals surface area contributed by atoms with Crippen LogP contribution in [-0.2, 0) is 17.8 Å². The van der Waals surface area contributed by atoms with E-state index >= 15 is 0 Å². The number of carbonyl (C=O) groups is 1. The van der Waals surface area contributed by atoms with Gasteiger partial charge in [-0.25, -0.2) is 0 Å². The summed E-state index contributed by atoms with van der Waals surface area (Å²) in [6, 6.07) is 8.09. The number of benzene rings is 1. The molecule has 1 atom stereocenters. The molecule has 0 saturated carbocycles. The van der Waals surface area contributed by atoms with Crippen LogP contribution in [0.25, 0.3) is 0 Å². The van der Waals surface area contributed by atoms with Crippen molar-refractivity contribution in [2.45, 2.75) is 25.9 Å². The fourth-order valence-corrected chi connectivity index (χ4v) is 1.98.